The number of ether oxygens (including phenoxy) is 1. The molecular formula is C10H9NO3S2. The Bertz CT molecular complexity index is 456. The van der Waals surface area contributed by atoms with E-state index in [4.69, 9.17) is 0 Å². The molecule has 0 saturated carbocycles. The number of hydrogen-bond donors (Lipinski definition) is 0. The van der Waals surface area contributed by atoms with Gasteiger partial charge >= 0.3 is 5.97 Å². The van der Waals surface area contributed by atoms with E-state index >= 15 is 0 Å². The summed E-state index contributed by atoms with van der Waals surface area (Å²) in [6.45, 7) is 1.49. The summed E-state index contributed by atoms with van der Waals surface area (Å²) in [5, 5.41) is 2.17. The third-order valence-corrected chi connectivity index (χ3v) is 2.89. The van der Waals surface area contributed by atoms with E-state index in [1.807, 2.05) is 0 Å². The van der Waals surface area contributed by atoms with Crippen molar-refractivity contribution in [3.8, 4) is 11.8 Å². The van der Waals surface area contributed by atoms with Gasteiger partial charge in [-0.2, -0.15) is 0 Å². The minimum Gasteiger partial charge on any atom is -0.464 e. The van der Waals surface area contributed by atoms with Crippen molar-refractivity contribution in [3.05, 3.63) is 16.1 Å². The molecule has 84 valence electrons. The molecule has 1 rings (SSSR count). The van der Waals surface area contributed by atoms with Crippen molar-refractivity contribution in [3.63, 3.8) is 0 Å². The first-order chi connectivity index (χ1) is 7.63. The number of methoxy groups -OCH3 is 1. The van der Waals surface area contributed by atoms with Crippen LogP contribution in [0.1, 0.15) is 22.4 Å². The van der Waals surface area contributed by atoms with Gasteiger partial charge in [-0.3, -0.25) is 4.79 Å². The monoisotopic (exact) mass is 255 g/mol. The Morgan fingerprint density at radius 3 is 3.00 bits per heavy atom. The summed E-state index contributed by atoms with van der Waals surface area (Å²) >= 11 is 2.41. The molecule has 0 N–H and O–H groups in total. The van der Waals surface area contributed by atoms with Crippen LogP contribution in [0.15, 0.2) is 5.38 Å². The van der Waals surface area contributed by atoms with E-state index in [1.165, 1.54) is 25.4 Å². The largest absolute Gasteiger partial charge is 0.464 e. The molecule has 1 aromatic heterocycles. The van der Waals surface area contributed by atoms with Gasteiger partial charge in [0.2, 0.25) is 0 Å². The molecule has 4 nitrogen and oxygen atoms in total. The molecule has 0 saturated heterocycles. The van der Waals surface area contributed by atoms with E-state index in [0.717, 1.165) is 11.8 Å². The van der Waals surface area contributed by atoms with Crippen LogP contribution in [0, 0.1) is 11.8 Å². The van der Waals surface area contributed by atoms with Gasteiger partial charge in [-0.1, -0.05) is 17.7 Å². The molecule has 1 heterocycles. The zero-order chi connectivity index (χ0) is 12.0. The fourth-order valence-electron chi connectivity index (χ4n) is 0.779. The highest BCUT2D eigenvalue weighted by Gasteiger charge is 2.08. The van der Waals surface area contributed by atoms with Crippen LogP contribution in [-0.4, -0.2) is 28.9 Å². The molecule has 0 aliphatic rings. The fraction of sp³-hybridized carbons (Fsp3) is 0.300. The van der Waals surface area contributed by atoms with Crippen LogP contribution in [0.25, 0.3) is 0 Å². The molecule has 0 aliphatic heterocycles. The number of rotatable bonds is 2. The predicted octanol–water partition coefficient (Wildman–Crippen LogP) is 1.56. The minimum atomic E-state index is -0.470. The second-order valence-corrected chi connectivity index (χ2v) is 4.62. The fourth-order valence-corrected chi connectivity index (χ4v) is 1.78. The topological polar surface area (TPSA) is 56.3 Å². The van der Waals surface area contributed by atoms with Crippen molar-refractivity contribution in [2.24, 2.45) is 0 Å². The number of hydrogen-bond acceptors (Lipinski definition) is 6. The maximum atomic E-state index is 11.1. The summed E-state index contributed by atoms with van der Waals surface area (Å²) in [6.07, 6.45) is 0. The van der Waals surface area contributed by atoms with Gasteiger partial charge in [0, 0.05) is 12.3 Å². The van der Waals surface area contributed by atoms with Crippen LogP contribution in [0.2, 0.25) is 0 Å². The summed E-state index contributed by atoms with van der Waals surface area (Å²) in [7, 11) is 1.30. The Balaban J connectivity index is 2.58. The van der Waals surface area contributed by atoms with E-state index < -0.39 is 5.97 Å². The van der Waals surface area contributed by atoms with Crippen LogP contribution >= 0.6 is 23.1 Å². The first-order valence-electron chi connectivity index (χ1n) is 4.29. The number of thiazole rings is 1. The Labute approximate surface area is 101 Å². The second-order valence-electron chi connectivity index (χ2n) is 2.61. The summed E-state index contributed by atoms with van der Waals surface area (Å²) in [5.41, 5.74) is 0.260. The van der Waals surface area contributed by atoms with E-state index in [1.54, 1.807) is 5.38 Å². The third kappa shape index (κ3) is 4.04. The second kappa shape index (κ2) is 6.30. The molecule has 0 aromatic carbocycles. The van der Waals surface area contributed by atoms with Crippen LogP contribution in [-0.2, 0) is 9.53 Å². The molecule has 0 fully saturated rings. The van der Waals surface area contributed by atoms with E-state index in [9.17, 15) is 9.59 Å². The quantitative estimate of drug-likeness (QED) is 0.593. The Hall–Kier alpha value is -1.32. The van der Waals surface area contributed by atoms with Gasteiger partial charge in [-0.05, 0) is 5.92 Å². The van der Waals surface area contributed by atoms with Crippen molar-refractivity contribution < 1.29 is 14.3 Å². The molecule has 0 aliphatic carbocycles. The van der Waals surface area contributed by atoms with Crippen LogP contribution in [0.4, 0.5) is 0 Å². The lowest BCUT2D eigenvalue weighted by Gasteiger charge is -1.90. The van der Waals surface area contributed by atoms with E-state index in [2.05, 4.69) is 21.6 Å². The SMILES string of the molecule is COC(=O)c1csc(C#CCSC(C)=O)n1. The van der Waals surface area contributed by atoms with Crippen molar-refractivity contribution in [2.45, 2.75) is 6.92 Å². The Morgan fingerprint density at radius 1 is 1.62 bits per heavy atom. The minimum absolute atomic E-state index is 0.0312. The highest BCUT2D eigenvalue weighted by atomic mass is 32.2. The van der Waals surface area contributed by atoms with Gasteiger partial charge in [0.15, 0.2) is 15.8 Å². The highest BCUT2D eigenvalue weighted by Crippen LogP contribution is 2.09. The molecule has 0 radical (unpaired) electrons. The zero-order valence-electron chi connectivity index (χ0n) is 8.77. The van der Waals surface area contributed by atoms with Gasteiger partial charge < -0.3 is 4.74 Å². The van der Waals surface area contributed by atoms with Crippen LogP contribution < -0.4 is 0 Å². The van der Waals surface area contributed by atoms with Gasteiger partial charge in [-0.25, -0.2) is 9.78 Å². The molecule has 0 bridgehead atoms. The molecule has 0 spiro atoms. The number of esters is 1. The third-order valence-electron chi connectivity index (χ3n) is 1.44. The van der Waals surface area contributed by atoms with E-state index in [0.29, 0.717) is 10.8 Å². The first kappa shape index (κ1) is 12.7. The maximum Gasteiger partial charge on any atom is 0.357 e. The lowest BCUT2D eigenvalue weighted by molar-refractivity contribution is -0.109. The Kier molecular flexibility index (Phi) is 5.02. The lowest BCUT2D eigenvalue weighted by atomic mass is 10.5. The van der Waals surface area contributed by atoms with Crippen molar-refractivity contribution >= 4 is 34.2 Å². The van der Waals surface area contributed by atoms with Crippen LogP contribution in [0.3, 0.4) is 0 Å². The highest BCUT2D eigenvalue weighted by molar-refractivity contribution is 8.13. The molecule has 6 heteroatoms. The smallest absolute Gasteiger partial charge is 0.357 e. The van der Waals surface area contributed by atoms with Gasteiger partial charge in [0.1, 0.15) is 0 Å². The molecule has 0 amide bonds. The molecule has 1 aromatic rings. The number of carbonyl (C=O) groups excluding carboxylic acids is 2. The standard InChI is InChI=1S/C10H9NO3S2/c1-7(12)15-5-3-4-9-11-8(6-16-9)10(13)14-2/h6H,5H2,1-2H3. The number of nitrogens with zero attached hydrogens (tertiary/aromatic N) is 1. The maximum absolute atomic E-state index is 11.1. The molecule has 16 heavy (non-hydrogen) atoms. The number of aromatic nitrogens is 1. The van der Waals surface area contributed by atoms with Crippen molar-refractivity contribution in [1.82, 2.24) is 4.98 Å². The summed E-state index contributed by atoms with van der Waals surface area (Å²) in [4.78, 5) is 25.7. The molecule has 0 atom stereocenters. The normalized spacial score (nSPS) is 9.12. The lowest BCUT2D eigenvalue weighted by Crippen LogP contribution is -2.00. The first-order valence-corrected chi connectivity index (χ1v) is 6.16. The summed E-state index contributed by atoms with van der Waals surface area (Å²) in [5.74, 6) is 5.53. The molecule has 0 unspecified atom stereocenters. The Morgan fingerprint density at radius 2 is 2.38 bits per heavy atom. The molecular weight excluding hydrogens is 246 g/mol. The van der Waals surface area contributed by atoms with E-state index in [-0.39, 0.29) is 10.8 Å². The van der Waals surface area contributed by atoms with Crippen LogP contribution in [0.5, 0.6) is 0 Å². The number of carbonyl (C=O) groups is 2. The van der Waals surface area contributed by atoms with Crippen molar-refractivity contribution in [1.29, 1.82) is 0 Å². The van der Waals surface area contributed by atoms with Crippen molar-refractivity contribution in [2.75, 3.05) is 12.9 Å². The number of thioether (sulfide) groups is 1. The summed E-state index contributed by atoms with van der Waals surface area (Å²) < 4.78 is 4.51. The zero-order valence-corrected chi connectivity index (χ0v) is 10.4. The average molecular weight is 255 g/mol. The van der Waals surface area contributed by atoms with Gasteiger partial charge in [0.25, 0.3) is 0 Å². The average Bonchev–Trinajstić information content (AvgIpc) is 2.71. The predicted molar refractivity (Wildman–Crippen MR) is 63.5 cm³/mol. The van der Waals surface area contributed by atoms with Gasteiger partial charge in [-0.15, -0.1) is 11.3 Å². The van der Waals surface area contributed by atoms with Gasteiger partial charge in [0.05, 0.1) is 12.9 Å². The summed E-state index contributed by atoms with van der Waals surface area (Å²) in [6, 6.07) is 0.